The van der Waals surface area contributed by atoms with Crippen LogP contribution in [0.2, 0.25) is 0 Å². The van der Waals surface area contributed by atoms with Gasteiger partial charge < -0.3 is 20.1 Å². The van der Waals surface area contributed by atoms with E-state index < -0.39 is 35.4 Å². The van der Waals surface area contributed by atoms with Crippen LogP contribution in [0.3, 0.4) is 0 Å². The first-order valence-electron chi connectivity index (χ1n) is 8.79. The van der Waals surface area contributed by atoms with Crippen molar-refractivity contribution < 1.29 is 28.6 Å². The predicted octanol–water partition coefficient (Wildman–Crippen LogP) is 2.05. The van der Waals surface area contributed by atoms with Gasteiger partial charge in [-0.05, 0) is 44.9 Å². The van der Waals surface area contributed by atoms with Crippen molar-refractivity contribution in [3.05, 3.63) is 35.6 Å². The van der Waals surface area contributed by atoms with Gasteiger partial charge in [-0.3, -0.25) is 9.59 Å². The van der Waals surface area contributed by atoms with E-state index in [-0.39, 0.29) is 18.9 Å². The second-order valence-electron chi connectivity index (χ2n) is 7.60. The van der Waals surface area contributed by atoms with Crippen LogP contribution in [0.5, 0.6) is 0 Å². The standard InChI is InChI=1S/C19H25FN2O5/c1-19(2,3)27-18(26)22-10-14(15(11-22)17(24)25)16(23)21-9-8-12-4-6-13(20)7-5-12/h4-7,14-15H,8-11H2,1-3H3,(H,21,23)(H,24,25)/t14-,15-/m1/s1. The van der Waals surface area contributed by atoms with E-state index in [1.54, 1.807) is 32.9 Å². The highest BCUT2D eigenvalue weighted by atomic mass is 19.1. The van der Waals surface area contributed by atoms with E-state index >= 15 is 0 Å². The van der Waals surface area contributed by atoms with Gasteiger partial charge in [-0.1, -0.05) is 12.1 Å². The van der Waals surface area contributed by atoms with Gasteiger partial charge in [-0.25, -0.2) is 9.18 Å². The summed E-state index contributed by atoms with van der Waals surface area (Å²) in [5.74, 6) is -3.71. The van der Waals surface area contributed by atoms with Gasteiger partial charge in [0.2, 0.25) is 5.91 Å². The van der Waals surface area contributed by atoms with E-state index in [4.69, 9.17) is 4.74 Å². The number of benzene rings is 1. The number of nitrogens with zero attached hydrogens (tertiary/aromatic N) is 1. The van der Waals surface area contributed by atoms with Gasteiger partial charge in [-0.15, -0.1) is 0 Å². The van der Waals surface area contributed by atoms with Crippen LogP contribution in [0.15, 0.2) is 24.3 Å². The van der Waals surface area contributed by atoms with E-state index in [9.17, 15) is 23.9 Å². The van der Waals surface area contributed by atoms with E-state index in [0.717, 1.165) is 5.56 Å². The van der Waals surface area contributed by atoms with Crippen LogP contribution in [0.1, 0.15) is 26.3 Å². The summed E-state index contributed by atoms with van der Waals surface area (Å²) >= 11 is 0. The monoisotopic (exact) mass is 380 g/mol. The van der Waals surface area contributed by atoms with Crippen molar-refractivity contribution in [1.29, 1.82) is 0 Å². The molecule has 0 aromatic heterocycles. The normalized spacial score (nSPS) is 19.6. The Labute approximate surface area is 157 Å². The Morgan fingerprint density at radius 1 is 1.19 bits per heavy atom. The summed E-state index contributed by atoms with van der Waals surface area (Å²) in [4.78, 5) is 37.4. The summed E-state index contributed by atoms with van der Waals surface area (Å²) in [6.45, 7) is 5.37. The number of hydrogen-bond acceptors (Lipinski definition) is 4. The topological polar surface area (TPSA) is 95.9 Å². The van der Waals surface area contributed by atoms with E-state index in [2.05, 4.69) is 5.32 Å². The lowest BCUT2D eigenvalue weighted by Gasteiger charge is -2.24. The molecule has 0 saturated carbocycles. The first-order chi connectivity index (χ1) is 12.6. The van der Waals surface area contributed by atoms with Crippen LogP contribution in [-0.2, 0) is 20.7 Å². The van der Waals surface area contributed by atoms with E-state index in [1.807, 2.05) is 0 Å². The molecule has 1 saturated heterocycles. The maximum absolute atomic E-state index is 12.9. The Morgan fingerprint density at radius 3 is 2.33 bits per heavy atom. The largest absolute Gasteiger partial charge is 0.481 e. The fourth-order valence-corrected chi connectivity index (χ4v) is 2.91. The summed E-state index contributed by atoms with van der Waals surface area (Å²) in [6.07, 6.45) is -0.137. The molecular weight excluding hydrogens is 355 g/mol. The molecule has 0 radical (unpaired) electrons. The Hall–Kier alpha value is -2.64. The molecule has 7 nitrogen and oxygen atoms in total. The molecule has 27 heavy (non-hydrogen) atoms. The number of amides is 2. The van der Waals surface area contributed by atoms with Crippen molar-refractivity contribution in [3.8, 4) is 0 Å². The maximum Gasteiger partial charge on any atom is 0.410 e. The molecule has 148 valence electrons. The molecule has 1 aromatic carbocycles. The zero-order valence-corrected chi connectivity index (χ0v) is 15.7. The summed E-state index contributed by atoms with van der Waals surface area (Å²) in [5, 5.41) is 12.1. The first kappa shape index (κ1) is 20.7. The molecule has 2 amide bonds. The third kappa shape index (κ3) is 5.94. The average Bonchev–Trinajstić information content (AvgIpc) is 3.01. The Bertz CT molecular complexity index is 699. The van der Waals surface area contributed by atoms with Crippen LogP contribution < -0.4 is 5.32 Å². The molecular formula is C19H25FN2O5. The number of aliphatic carboxylic acids is 1. The number of carbonyl (C=O) groups excluding carboxylic acids is 2. The average molecular weight is 380 g/mol. The molecule has 1 aromatic rings. The number of carbonyl (C=O) groups is 3. The Balaban J connectivity index is 1.93. The summed E-state index contributed by atoms with van der Waals surface area (Å²) in [7, 11) is 0. The zero-order valence-electron chi connectivity index (χ0n) is 15.7. The summed E-state index contributed by atoms with van der Waals surface area (Å²) < 4.78 is 18.2. The van der Waals surface area contributed by atoms with Crippen LogP contribution >= 0.6 is 0 Å². The summed E-state index contributed by atoms with van der Waals surface area (Å²) in [5.41, 5.74) is 0.152. The van der Waals surface area contributed by atoms with Crippen molar-refractivity contribution in [2.75, 3.05) is 19.6 Å². The Morgan fingerprint density at radius 2 is 1.78 bits per heavy atom. The molecule has 2 N–H and O–H groups in total. The number of rotatable bonds is 5. The fraction of sp³-hybridized carbons (Fsp3) is 0.526. The van der Waals surface area contributed by atoms with Gasteiger partial charge in [0.1, 0.15) is 11.4 Å². The molecule has 2 rings (SSSR count). The number of carboxylic acids is 1. The van der Waals surface area contributed by atoms with Crippen molar-refractivity contribution in [2.24, 2.45) is 11.8 Å². The van der Waals surface area contributed by atoms with Crippen molar-refractivity contribution in [1.82, 2.24) is 10.2 Å². The zero-order chi connectivity index (χ0) is 20.2. The lowest BCUT2D eigenvalue weighted by Crippen LogP contribution is -2.39. The lowest BCUT2D eigenvalue weighted by molar-refractivity contribution is -0.145. The highest BCUT2D eigenvalue weighted by Crippen LogP contribution is 2.26. The van der Waals surface area contributed by atoms with Crippen LogP contribution in [0.4, 0.5) is 9.18 Å². The molecule has 0 bridgehead atoms. The molecule has 0 aliphatic carbocycles. The van der Waals surface area contributed by atoms with Gasteiger partial charge in [0.25, 0.3) is 0 Å². The van der Waals surface area contributed by atoms with Crippen molar-refractivity contribution in [3.63, 3.8) is 0 Å². The SMILES string of the molecule is CC(C)(C)OC(=O)N1C[C@@H](C(=O)O)[C@H](C(=O)NCCc2ccc(F)cc2)C1. The molecule has 8 heteroatoms. The van der Waals surface area contributed by atoms with Gasteiger partial charge >= 0.3 is 12.1 Å². The molecule has 0 spiro atoms. The second-order valence-corrected chi connectivity index (χ2v) is 7.60. The van der Waals surface area contributed by atoms with E-state index in [1.165, 1.54) is 17.0 Å². The Kier molecular flexibility index (Phi) is 6.41. The lowest BCUT2D eigenvalue weighted by atomic mass is 9.95. The highest BCUT2D eigenvalue weighted by Gasteiger charge is 2.44. The van der Waals surface area contributed by atoms with Gasteiger partial charge in [0.05, 0.1) is 11.8 Å². The van der Waals surface area contributed by atoms with Crippen LogP contribution in [-0.4, -0.2) is 53.2 Å². The maximum atomic E-state index is 12.9. The number of nitrogens with one attached hydrogen (secondary N) is 1. The number of carboxylic acid groups (broad SMARTS) is 1. The van der Waals surface area contributed by atoms with Crippen LogP contribution in [0.25, 0.3) is 0 Å². The second kappa shape index (κ2) is 8.37. The number of ether oxygens (including phenoxy) is 1. The molecule has 0 unspecified atom stereocenters. The van der Waals surface area contributed by atoms with Gasteiger partial charge in [0.15, 0.2) is 0 Å². The number of likely N-dealkylation sites (tertiary alicyclic amines) is 1. The molecule has 1 fully saturated rings. The van der Waals surface area contributed by atoms with Gasteiger partial charge in [0, 0.05) is 19.6 Å². The molecule has 1 heterocycles. The summed E-state index contributed by atoms with van der Waals surface area (Å²) in [6, 6.07) is 5.93. The van der Waals surface area contributed by atoms with Crippen molar-refractivity contribution >= 4 is 18.0 Å². The highest BCUT2D eigenvalue weighted by molar-refractivity contribution is 5.87. The minimum absolute atomic E-state index is 0.00569. The number of hydrogen-bond donors (Lipinski definition) is 2. The first-order valence-corrected chi connectivity index (χ1v) is 8.79. The van der Waals surface area contributed by atoms with E-state index in [0.29, 0.717) is 13.0 Å². The minimum atomic E-state index is -1.13. The van der Waals surface area contributed by atoms with Crippen molar-refractivity contribution in [2.45, 2.75) is 32.8 Å². The van der Waals surface area contributed by atoms with Crippen LogP contribution in [0, 0.1) is 17.7 Å². The third-order valence-corrected chi connectivity index (χ3v) is 4.25. The molecule has 1 aliphatic rings. The smallest absolute Gasteiger partial charge is 0.410 e. The third-order valence-electron chi connectivity index (χ3n) is 4.25. The molecule has 1 aliphatic heterocycles. The molecule has 2 atom stereocenters. The predicted molar refractivity (Wildman–Crippen MR) is 95.5 cm³/mol. The minimum Gasteiger partial charge on any atom is -0.481 e. The fourth-order valence-electron chi connectivity index (χ4n) is 2.91. The van der Waals surface area contributed by atoms with Gasteiger partial charge in [-0.2, -0.15) is 0 Å². The number of halogens is 1. The quantitative estimate of drug-likeness (QED) is 0.815.